The zero-order chi connectivity index (χ0) is 13.5. The quantitative estimate of drug-likeness (QED) is 0.840. The Morgan fingerprint density at radius 3 is 2.78 bits per heavy atom. The van der Waals surface area contributed by atoms with E-state index in [-0.39, 0.29) is 24.7 Å². The van der Waals surface area contributed by atoms with E-state index in [0.717, 1.165) is 4.47 Å². The molecule has 0 aliphatic heterocycles. The van der Waals surface area contributed by atoms with E-state index in [0.29, 0.717) is 17.3 Å². The van der Waals surface area contributed by atoms with Crippen LogP contribution in [0.3, 0.4) is 0 Å². The van der Waals surface area contributed by atoms with Crippen molar-refractivity contribution in [2.75, 3.05) is 11.9 Å². The third-order valence-electron chi connectivity index (χ3n) is 2.06. The number of esters is 1. The zero-order valence-electron chi connectivity index (χ0n) is 9.83. The normalized spacial score (nSPS) is 9.94. The summed E-state index contributed by atoms with van der Waals surface area (Å²) in [5, 5.41) is 3.09. The Hall–Kier alpha value is -1.07. The number of anilines is 1. The summed E-state index contributed by atoms with van der Waals surface area (Å²) in [6.45, 7) is 2.04. The fourth-order valence-electron chi connectivity index (χ4n) is 1.25. The molecule has 1 N–H and O–H groups in total. The molecule has 18 heavy (non-hydrogen) atoms. The Morgan fingerprint density at radius 2 is 2.11 bits per heavy atom. The van der Waals surface area contributed by atoms with Crippen LogP contribution in [0.15, 0.2) is 22.7 Å². The van der Waals surface area contributed by atoms with E-state index >= 15 is 0 Å². The second-order valence-electron chi connectivity index (χ2n) is 3.48. The first-order chi connectivity index (χ1) is 8.52. The van der Waals surface area contributed by atoms with Gasteiger partial charge in [-0.05, 0) is 25.1 Å². The molecule has 1 aromatic rings. The van der Waals surface area contributed by atoms with Gasteiger partial charge in [0.25, 0.3) is 0 Å². The molecule has 0 bridgehead atoms. The molecule has 0 saturated carbocycles. The van der Waals surface area contributed by atoms with E-state index in [1.807, 2.05) is 0 Å². The molecule has 0 spiro atoms. The zero-order valence-corrected chi connectivity index (χ0v) is 12.2. The minimum Gasteiger partial charge on any atom is -0.466 e. The Kier molecular flexibility index (Phi) is 6.15. The lowest BCUT2D eigenvalue weighted by Gasteiger charge is -2.07. The van der Waals surface area contributed by atoms with E-state index in [1.54, 1.807) is 25.1 Å². The molecule has 0 fully saturated rings. The summed E-state index contributed by atoms with van der Waals surface area (Å²) in [5.74, 6) is -0.656. The maximum Gasteiger partial charge on any atom is 0.306 e. The Bertz CT molecular complexity index is 451. The van der Waals surface area contributed by atoms with Crippen molar-refractivity contribution in [2.24, 2.45) is 0 Å². The Balaban J connectivity index is 2.49. The highest BCUT2D eigenvalue weighted by Crippen LogP contribution is 2.25. The number of carbonyl (C=O) groups is 2. The summed E-state index contributed by atoms with van der Waals surface area (Å²) in [5.41, 5.74) is 0.514. The summed E-state index contributed by atoms with van der Waals surface area (Å²) >= 11 is 9.21. The number of carbonyl (C=O) groups excluding carboxylic acids is 2. The molecule has 0 saturated heterocycles. The van der Waals surface area contributed by atoms with Crippen LogP contribution < -0.4 is 5.32 Å². The van der Waals surface area contributed by atoms with Crippen LogP contribution >= 0.6 is 27.5 Å². The number of ether oxygens (including phenoxy) is 1. The molecule has 1 rings (SSSR count). The van der Waals surface area contributed by atoms with E-state index in [1.165, 1.54) is 0 Å². The van der Waals surface area contributed by atoms with E-state index < -0.39 is 0 Å². The standard InChI is InChI=1S/C12H13BrClNO3/c1-2-18-12(17)6-5-11(16)15-10-7-8(13)3-4-9(10)14/h3-4,7H,2,5-6H2,1H3,(H,15,16). The average Bonchev–Trinajstić information content (AvgIpc) is 2.32. The van der Waals surface area contributed by atoms with Crippen LogP contribution in [0.4, 0.5) is 5.69 Å². The van der Waals surface area contributed by atoms with Crippen molar-refractivity contribution < 1.29 is 14.3 Å². The van der Waals surface area contributed by atoms with E-state index in [9.17, 15) is 9.59 Å². The highest BCUT2D eigenvalue weighted by atomic mass is 79.9. The van der Waals surface area contributed by atoms with Crippen molar-refractivity contribution in [3.05, 3.63) is 27.7 Å². The van der Waals surface area contributed by atoms with Gasteiger partial charge >= 0.3 is 5.97 Å². The summed E-state index contributed by atoms with van der Waals surface area (Å²) in [6, 6.07) is 5.15. The monoisotopic (exact) mass is 333 g/mol. The maximum atomic E-state index is 11.6. The van der Waals surface area contributed by atoms with Gasteiger partial charge in [0.15, 0.2) is 0 Å². The maximum absolute atomic E-state index is 11.6. The van der Waals surface area contributed by atoms with Crippen molar-refractivity contribution in [3.63, 3.8) is 0 Å². The highest BCUT2D eigenvalue weighted by Gasteiger charge is 2.09. The van der Waals surface area contributed by atoms with Gasteiger partial charge in [0.05, 0.1) is 23.7 Å². The third kappa shape index (κ3) is 5.06. The van der Waals surface area contributed by atoms with Crippen LogP contribution in [-0.2, 0) is 14.3 Å². The van der Waals surface area contributed by atoms with Gasteiger partial charge in [-0.1, -0.05) is 27.5 Å². The fraction of sp³-hybridized carbons (Fsp3) is 0.333. The van der Waals surface area contributed by atoms with Crippen LogP contribution in [0.5, 0.6) is 0 Å². The van der Waals surface area contributed by atoms with Gasteiger partial charge in [0.1, 0.15) is 0 Å². The SMILES string of the molecule is CCOC(=O)CCC(=O)Nc1cc(Br)ccc1Cl. The van der Waals surface area contributed by atoms with Gasteiger partial charge in [-0.2, -0.15) is 0 Å². The van der Waals surface area contributed by atoms with Crippen LogP contribution in [0.2, 0.25) is 5.02 Å². The number of hydrogen-bond donors (Lipinski definition) is 1. The van der Waals surface area contributed by atoms with Crippen molar-refractivity contribution in [1.82, 2.24) is 0 Å². The number of hydrogen-bond acceptors (Lipinski definition) is 3. The van der Waals surface area contributed by atoms with Gasteiger partial charge in [0, 0.05) is 10.9 Å². The predicted octanol–water partition coefficient (Wildman–Crippen LogP) is 3.38. The molecule has 0 aliphatic rings. The average molecular weight is 335 g/mol. The number of nitrogens with one attached hydrogen (secondary N) is 1. The summed E-state index contributed by atoms with van der Waals surface area (Å²) in [7, 11) is 0. The lowest BCUT2D eigenvalue weighted by atomic mass is 10.2. The minimum atomic E-state index is -0.381. The van der Waals surface area contributed by atoms with Crippen LogP contribution in [0.25, 0.3) is 0 Å². The molecule has 4 nitrogen and oxygen atoms in total. The highest BCUT2D eigenvalue weighted by molar-refractivity contribution is 9.10. The summed E-state index contributed by atoms with van der Waals surface area (Å²) < 4.78 is 5.55. The first-order valence-corrected chi connectivity index (χ1v) is 6.60. The molecule has 1 aromatic carbocycles. The van der Waals surface area contributed by atoms with Crippen LogP contribution in [-0.4, -0.2) is 18.5 Å². The molecular weight excluding hydrogens is 321 g/mol. The number of benzene rings is 1. The van der Waals surface area contributed by atoms with Gasteiger partial charge in [-0.25, -0.2) is 0 Å². The van der Waals surface area contributed by atoms with Crippen molar-refractivity contribution in [2.45, 2.75) is 19.8 Å². The fourth-order valence-corrected chi connectivity index (χ4v) is 1.78. The molecular formula is C12H13BrClNO3. The molecule has 0 aliphatic carbocycles. The second kappa shape index (κ2) is 7.38. The Labute approximate surface area is 119 Å². The molecule has 0 unspecified atom stereocenters. The molecule has 6 heteroatoms. The van der Waals surface area contributed by atoms with Gasteiger partial charge in [0.2, 0.25) is 5.91 Å². The minimum absolute atomic E-state index is 0.0608. The molecule has 0 heterocycles. The molecule has 0 atom stereocenters. The largest absolute Gasteiger partial charge is 0.466 e. The lowest BCUT2D eigenvalue weighted by Crippen LogP contribution is -2.14. The second-order valence-corrected chi connectivity index (χ2v) is 4.80. The van der Waals surface area contributed by atoms with Crippen molar-refractivity contribution in [3.8, 4) is 0 Å². The molecule has 0 aromatic heterocycles. The molecule has 98 valence electrons. The molecule has 0 radical (unpaired) electrons. The van der Waals surface area contributed by atoms with Crippen LogP contribution in [0, 0.1) is 0 Å². The van der Waals surface area contributed by atoms with E-state index in [2.05, 4.69) is 21.2 Å². The van der Waals surface area contributed by atoms with Crippen molar-refractivity contribution >= 4 is 45.1 Å². The predicted molar refractivity (Wildman–Crippen MR) is 73.6 cm³/mol. The topological polar surface area (TPSA) is 55.4 Å². The summed E-state index contributed by atoms with van der Waals surface area (Å²) in [6.07, 6.45) is 0.132. The number of halogens is 2. The number of amides is 1. The van der Waals surface area contributed by atoms with Gasteiger partial charge in [-0.15, -0.1) is 0 Å². The van der Waals surface area contributed by atoms with Crippen molar-refractivity contribution in [1.29, 1.82) is 0 Å². The van der Waals surface area contributed by atoms with E-state index in [4.69, 9.17) is 16.3 Å². The lowest BCUT2D eigenvalue weighted by molar-refractivity contribution is -0.144. The van der Waals surface area contributed by atoms with Gasteiger partial charge < -0.3 is 10.1 Å². The smallest absolute Gasteiger partial charge is 0.306 e. The van der Waals surface area contributed by atoms with Crippen LogP contribution in [0.1, 0.15) is 19.8 Å². The summed E-state index contributed by atoms with van der Waals surface area (Å²) in [4.78, 5) is 22.7. The number of rotatable bonds is 5. The first-order valence-electron chi connectivity index (χ1n) is 5.43. The first kappa shape index (κ1) is 15.0. The van der Waals surface area contributed by atoms with Gasteiger partial charge in [-0.3, -0.25) is 9.59 Å². The third-order valence-corrected chi connectivity index (χ3v) is 2.89. The molecule has 1 amide bonds. The Morgan fingerprint density at radius 1 is 1.39 bits per heavy atom.